The van der Waals surface area contributed by atoms with Crippen molar-refractivity contribution >= 4 is 41.5 Å². The second-order valence-electron chi connectivity index (χ2n) is 7.53. The average Bonchev–Trinajstić information content (AvgIpc) is 2.80. The van der Waals surface area contributed by atoms with Crippen LogP contribution in [0.25, 0.3) is 0 Å². The van der Waals surface area contributed by atoms with E-state index in [0.29, 0.717) is 0 Å². The second kappa shape index (κ2) is 10.1. The van der Waals surface area contributed by atoms with Crippen LogP contribution >= 0.6 is 11.8 Å². The minimum absolute atomic E-state index is 0.0773. The van der Waals surface area contributed by atoms with Crippen LogP contribution in [0.2, 0.25) is 0 Å². The number of esters is 2. The molecular weight excluding hydrogens is 515 g/mol. The number of hydrogen-bond donors (Lipinski definition) is 4. The Labute approximate surface area is 204 Å². The molecule has 36 heavy (non-hydrogen) atoms. The number of alkyl halides is 3. The molecule has 1 saturated heterocycles. The fourth-order valence-electron chi connectivity index (χ4n) is 3.35. The van der Waals surface area contributed by atoms with E-state index >= 15 is 0 Å². The maximum absolute atomic E-state index is 12.6. The number of ether oxygens (including phenoxy) is 2. The van der Waals surface area contributed by atoms with Gasteiger partial charge in [0.1, 0.15) is 29.8 Å². The summed E-state index contributed by atoms with van der Waals surface area (Å²) in [7, 11) is 0. The fraction of sp³-hybridized carbons (Fsp3) is 0.350. The monoisotopic (exact) mass is 533 g/mol. The number of phenols is 1. The predicted octanol–water partition coefficient (Wildman–Crippen LogP) is 0.161. The molecule has 1 fully saturated rings. The summed E-state index contributed by atoms with van der Waals surface area (Å²) in [6.07, 6.45) is -5.29. The van der Waals surface area contributed by atoms with Crippen molar-refractivity contribution in [1.82, 2.24) is 10.2 Å². The summed E-state index contributed by atoms with van der Waals surface area (Å²) >= 11 is 1.12. The zero-order valence-electron chi connectivity index (χ0n) is 18.2. The van der Waals surface area contributed by atoms with E-state index in [2.05, 4.69) is 10.1 Å². The lowest BCUT2D eigenvalue weighted by Crippen LogP contribution is -2.71. The third kappa shape index (κ3) is 5.38. The Balaban J connectivity index is 1.69. The van der Waals surface area contributed by atoms with Gasteiger partial charge in [-0.2, -0.15) is 13.2 Å². The van der Waals surface area contributed by atoms with Crippen LogP contribution in [-0.4, -0.2) is 74.8 Å². The lowest BCUT2D eigenvalue weighted by Gasteiger charge is -2.49. The van der Waals surface area contributed by atoms with Crippen molar-refractivity contribution in [3.05, 3.63) is 35.0 Å². The van der Waals surface area contributed by atoms with Gasteiger partial charge in [-0.3, -0.25) is 19.3 Å². The molecule has 2 aliphatic heterocycles. The molecule has 1 aromatic carbocycles. The van der Waals surface area contributed by atoms with Gasteiger partial charge in [0.2, 0.25) is 5.91 Å². The number of halogens is 3. The normalized spacial score (nSPS) is 20.1. The number of aliphatic carboxylic acids is 1. The number of carbonyl (C=O) groups excluding carboxylic acids is 4. The van der Waals surface area contributed by atoms with Crippen LogP contribution in [0.15, 0.2) is 29.5 Å². The molecule has 194 valence electrons. The minimum Gasteiger partial charge on any atom is -0.504 e. The van der Waals surface area contributed by atoms with Gasteiger partial charge in [0.15, 0.2) is 11.5 Å². The van der Waals surface area contributed by atoms with Crippen molar-refractivity contribution < 1.29 is 56.8 Å². The number of fused-ring (bicyclic) bond motifs is 1. The standard InChI is InChI=1S/C20H18F3N3O9S/c1-7(27)34-5-9-6-36-17-13(16(30)26(17)14(9)18(31)32)25-15(29)12(24)8-2-3-11(10(28)4-8)35-19(33)20(21,22)23/h2-4,12-13,17,28H,5-6,24H2,1H3,(H,25,29)(H,31,32)/t12?,13-,17-/m1/s1. The third-order valence-electron chi connectivity index (χ3n) is 5.06. The zero-order valence-corrected chi connectivity index (χ0v) is 19.0. The van der Waals surface area contributed by atoms with Gasteiger partial charge in [-0.05, 0) is 17.7 Å². The number of carboxylic acids is 1. The highest BCUT2D eigenvalue weighted by atomic mass is 32.2. The van der Waals surface area contributed by atoms with Crippen molar-refractivity contribution in [2.75, 3.05) is 12.4 Å². The summed E-state index contributed by atoms with van der Waals surface area (Å²) < 4.78 is 45.9. The van der Waals surface area contributed by atoms with Gasteiger partial charge in [0.25, 0.3) is 5.91 Å². The summed E-state index contributed by atoms with van der Waals surface area (Å²) in [6.45, 7) is 0.825. The SMILES string of the molecule is CC(=O)OCC1=C(C(=O)O)N2C(=O)[C@@H](NC(=O)C(N)c3ccc(OC(=O)C(F)(F)F)c(O)c3)[C@H]2SC1. The van der Waals surface area contributed by atoms with E-state index in [4.69, 9.17) is 10.5 Å². The molecule has 16 heteroatoms. The van der Waals surface area contributed by atoms with Crippen molar-refractivity contribution in [3.8, 4) is 11.5 Å². The summed E-state index contributed by atoms with van der Waals surface area (Å²) in [5.41, 5.74) is 5.61. The Bertz CT molecular complexity index is 1170. The summed E-state index contributed by atoms with van der Waals surface area (Å²) in [5.74, 6) is -7.86. The third-order valence-corrected chi connectivity index (χ3v) is 6.40. The van der Waals surface area contributed by atoms with Crippen LogP contribution in [0.3, 0.4) is 0 Å². The van der Waals surface area contributed by atoms with E-state index in [1.165, 1.54) is 0 Å². The number of thioether (sulfide) groups is 1. The van der Waals surface area contributed by atoms with Gasteiger partial charge in [-0.15, -0.1) is 11.8 Å². The summed E-state index contributed by atoms with van der Waals surface area (Å²) in [4.78, 5) is 59.9. The first-order valence-electron chi connectivity index (χ1n) is 9.93. The van der Waals surface area contributed by atoms with Crippen molar-refractivity contribution in [2.24, 2.45) is 5.73 Å². The molecule has 3 atom stereocenters. The first-order chi connectivity index (χ1) is 16.7. The number of carbonyl (C=O) groups is 5. The lowest BCUT2D eigenvalue weighted by atomic mass is 10.0. The molecule has 0 aromatic heterocycles. The number of amides is 2. The number of carboxylic acid groups (broad SMARTS) is 1. The van der Waals surface area contributed by atoms with Crippen LogP contribution in [0.5, 0.6) is 11.5 Å². The van der Waals surface area contributed by atoms with Crippen molar-refractivity contribution in [2.45, 2.75) is 30.6 Å². The van der Waals surface area contributed by atoms with Gasteiger partial charge in [-0.1, -0.05) is 6.07 Å². The number of benzene rings is 1. The second-order valence-corrected chi connectivity index (χ2v) is 8.63. The van der Waals surface area contributed by atoms with E-state index in [1.807, 2.05) is 0 Å². The maximum atomic E-state index is 12.6. The molecule has 5 N–H and O–H groups in total. The number of nitrogens with one attached hydrogen (secondary N) is 1. The molecule has 1 unspecified atom stereocenters. The number of nitrogens with zero attached hydrogens (tertiary/aromatic N) is 1. The Morgan fingerprint density at radius 1 is 1.31 bits per heavy atom. The lowest BCUT2D eigenvalue weighted by molar-refractivity contribution is -0.189. The molecule has 0 radical (unpaired) electrons. The van der Waals surface area contributed by atoms with Gasteiger partial charge in [0, 0.05) is 18.2 Å². The highest BCUT2D eigenvalue weighted by Crippen LogP contribution is 2.40. The van der Waals surface area contributed by atoms with Gasteiger partial charge in [0.05, 0.1) is 0 Å². The first kappa shape index (κ1) is 26.8. The van der Waals surface area contributed by atoms with E-state index in [1.54, 1.807) is 0 Å². The summed E-state index contributed by atoms with van der Waals surface area (Å²) in [6, 6.07) is 0.0369. The molecule has 0 saturated carbocycles. The number of nitrogens with two attached hydrogens (primary N) is 1. The maximum Gasteiger partial charge on any atom is 0.491 e. The first-order valence-corrected chi connectivity index (χ1v) is 11.0. The zero-order chi connectivity index (χ0) is 26.9. The fourth-order valence-corrected chi connectivity index (χ4v) is 4.68. The Morgan fingerprint density at radius 2 is 1.97 bits per heavy atom. The Hall–Kier alpha value is -3.79. The number of hydrogen-bond acceptors (Lipinski definition) is 10. The molecule has 0 spiro atoms. The van der Waals surface area contributed by atoms with Crippen LogP contribution < -0.4 is 15.8 Å². The molecular formula is C20H18F3N3O9S. The number of β-lactam (4-membered cyclic amide) rings is 1. The van der Waals surface area contributed by atoms with Crippen molar-refractivity contribution in [1.29, 1.82) is 0 Å². The van der Waals surface area contributed by atoms with E-state index in [0.717, 1.165) is 41.8 Å². The van der Waals surface area contributed by atoms with Gasteiger partial charge in [-0.25, -0.2) is 9.59 Å². The molecule has 0 aliphatic carbocycles. The quantitative estimate of drug-likeness (QED) is 0.213. The molecule has 2 amide bonds. The molecule has 0 bridgehead atoms. The van der Waals surface area contributed by atoms with Gasteiger partial charge >= 0.3 is 24.1 Å². The molecule has 2 heterocycles. The minimum atomic E-state index is -5.29. The molecule has 3 rings (SSSR count). The average molecular weight is 533 g/mol. The topological polar surface area (TPSA) is 186 Å². The van der Waals surface area contributed by atoms with Crippen LogP contribution in [0.1, 0.15) is 18.5 Å². The summed E-state index contributed by atoms with van der Waals surface area (Å²) in [5, 5.41) is 21.0. The molecule has 12 nitrogen and oxygen atoms in total. The number of aromatic hydroxyl groups is 1. The molecule has 2 aliphatic rings. The number of rotatable bonds is 7. The van der Waals surface area contributed by atoms with E-state index < -0.39 is 64.9 Å². The Morgan fingerprint density at radius 3 is 2.53 bits per heavy atom. The highest BCUT2D eigenvalue weighted by molar-refractivity contribution is 8.00. The van der Waals surface area contributed by atoms with E-state index in [-0.39, 0.29) is 29.2 Å². The van der Waals surface area contributed by atoms with Gasteiger partial charge < -0.3 is 30.7 Å². The molecule has 1 aromatic rings. The van der Waals surface area contributed by atoms with Crippen molar-refractivity contribution in [3.63, 3.8) is 0 Å². The predicted molar refractivity (Wildman–Crippen MR) is 113 cm³/mol. The largest absolute Gasteiger partial charge is 0.504 e. The Kier molecular flexibility index (Phi) is 7.49. The van der Waals surface area contributed by atoms with E-state index in [9.17, 15) is 47.4 Å². The highest BCUT2D eigenvalue weighted by Gasteiger charge is 2.54. The van der Waals surface area contributed by atoms with Crippen LogP contribution in [0.4, 0.5) is 13.2 Å². The smallest absolute Gasteiger partial charge is 0.491 e. The van der Waals surface area contributed by atoms with Crippen LogP contribution in [-0.2, 0) is 28.7 Å². The van der Waals surface area contributed by atoms with Crippen LogP contribution in [0, 0.1) is 0 Å². The number of phenolic OH excluding ortho intramolecular Hbond substituents is 1.